The zero-order valence-electron chi connectivity index (χ0n) is 23.0. The Bertz CT molecular complexity index is 1550. The highest BCUT2D eigenvalue weighted by Crippen LogP contribution is 2.34. The third-order valence-corrected chi connectivity index (χ3v) is 6.56. The van der Waals surface area contributed by atoms with E-state index < -0.39 is 0 Å². The molecule has 1 aliphatic rings. The molecule has 0 aliphatic carbocycles. The Morgan fingerprint density at radius 1 is 0.684 bits per heavy atom. The van der Waals surface area contributed by atoms with E-state index in [2.05, 4.69) is 134 Å². The average Bonchev–Trinajstić information content (AvgIpc) is 2.98. The molecule has 190 valence electrons. The first-order chi connectivity index (χ1) is 18.7. The van der Waals surface area contributed by atoms with Crippen molar-refractivity contribution >= 4 is 28.1 Å². The zero-order chi connectivity index (χ0) is 26.9. The molecule has 6 rings (SSSR count). The van der Waals surface area contributed by atoms with Gasteiger partial charge < -0.3 is 5.32 Å². The van der Waals surface area contributed by atoms with E-state index >= 15 is 0 Å². The van der Waals surface area contributed by atoms with E-state index in [1.165, 1.54) is 61.0 Å². The van der Waals surface area contributed by atoms with Gasteiger partial charge in [-0.1, -0.05) is 129 Å². The summed E-state index contributed by atoms with van der Waals surface area (Å²) in [5.74, 6) is 0. The van der Waals surface area contributed by atoms with Crippen LogP contribution in [-0.4, -0.2) is 6.54 Å². The van der Waals surface area contributed by atoms with Gasteiger partial charge in [-0.25, -0.2) is 0 Å². The Morgan fingerprint density at radius 3 is 2.08 bits per heavy atom. The lowest BCUT2D eigenvalue weighted by atomic mass is 9.93. The Labute approximate surface area is 228 Å². The lowest BCUT2D eigenvalue weighted by molar-refractivity contribution is 1.31. The van der Waals surface area contributed by atoms with Crippen LogP contribution in [0.1, 0.15) is 37.5 Å². The number of anilines is 1. The third kappa shape index (κ3) is 5.95. The second kappa shape index (κ2) is 12.7. The van der Waals surface area contributed by atoms with Crippen LogP contribution < -0.4 is 5.32 Å². The van der Waals surface area contributed by atoms with Gasteiger partial charge in [0.15, 0.2) is 0 Å². The molecule has 1 heteroatoms. The summed E-state index contributed by atoms with van der Waals surface area (Å²) in [7, 11) is 0. The summed E-state index contributed by atoms with van der Waals surface area (Å²) in [6, 6.07) is 39.5. The standard InChI is InChI=1S/C32H25N.C3H6.C2H6/c1-22-6-4-9-26(18-22)27-16-17-28-19-29(21-33-32(28)20-27)23-12-14-25(15-13-23)31-11-5-8-24-7-2-3-10-30(24)31;1-3-2;1-2/h2-20,33H,21H2,1H3;3H,1H2,2H3;1-2H3. The lowest BCUT2D eigenvalue weighted by Gasteiger charge is -2.20. The molecular weight excluding hydrogens is 458 g/mol. The minimum absolute atomic E-state index is 0.831. The predicted octanol–water partition coefficient (Wildman–Crippen LogP) is 10.7. The fraction of sp³-hybridized carbons (Fsp3) is 0.135. The first-order valence-electron chi connectivity index (χ1n) is 13.5. The molecule has 1 aliphatic heterocycles. The third-order valence-electron chi connectivity index (χ3n) is 6.56. The van der Waals surface area contributed by atoms with Gasteiger partial charge in [-0.15, -0.1) is 6.58 Å². The molecule has 38 heavy (non-hydrogen) atoms. The summed E-state index contributed by atoms with van der Waals surface area (Å²) in [6.07, 6.45) is 4.07. The number of fused-ring (bicyclic) bond motifs is 2. The summed E-state index contributed by atoms with van der Waals surface area (Å²) in [6.45, 7) is 12.2. The molecule has 0 bridgehead atoms. The molecule has 0 fully saturated rings. The first kappa shape index (κ1) is 26.7. The van der Waals surface area contributed by atoms with Gasteiger partial charge in [-0.05, 0) is 75.7 Å². The number of benzene rings is 5. The Morgan fingerprint density at radius 2 is 1.32 bits per heavy atom. The van der Waals surface area contributed by atoms with Gasteiger partial charge in [0.05, 0.1) is 0 Å². The van der Waals surface area contributed by atoms with Gasteiger partial charge >= 0.3 is 0 Å². The van der Waals surface area contributed by atoms with Crippen molar-refractivity contribution in [3.05, 3.63) is 139 Å². The molecule has 1 heterocycles. The van der Waals surface area contributed by atoms with Crippen molar-refractivity contribution in [2.45, 2.75) is 27.7 Å². The SMILES string of the molecule is C=CC.CC.Cc1cccc(-c2ccc3c(c2)NCC(c2ccc(-c4cccc5ccccc45)cc2)=C3)c1. The molecule has 5 aromatic carbocycles. The number of allylic oxidation sites excluding steroid dienone is 1. The van der Waals surface area contributed by atoms with Crippen LogP contribution in [0.4, 0.5) is 5.69 Å². The number of rotatable bonds is 3. The summed E-state index contributed by atoms with van der Waals surface area (Å²) in [4.78, 5) is 0. The maximum atomic E-state index is 3.64. The van der Waals surface area contributed by atoms with Crippen LogP contribution in [0, 0.1) is 6.92 Å². The summed E-state index contributed by atoms with van der Waals surface area (Å²) in [5.41, 5.74) is 11.4. The van der Waals surface area contributed by atoms with Crippen molar-refractivity contribution in [2.24, 2.45) is 0 Å². The van der Waals surface area contributed by atoms with E-state index in [4.69, 9.17) is 0 Å². The van der Waals surface area contributed by atoms with Crippen LogP contribution in [0.25, 0.3) is 44.7 Å². The molecule has 0 spiro atoms. The van der Waals surface area contributed by atoms with E-state index in [-0.39, 0.29) is 0 Å². The van der Waals surface area contributed by atoms with Crippen LogP contribution in [0.2, 0.25) is 0 Å². The molecule has 5 aromatic rings. The number of nitrogens with one attached hydrogen (secondary N) is 1. The number of aryl methyl sites for hydroxylation is 1. The predicted molar refractivity (Wildman–Crippen MR) is 170 cm³/mol. The monoisotopic (exact) mass is 495 g/mol. The normalized spacial score (nSPS) is 11.5. The van der Waals surface area contributed by atoms with Gasteiger partial charge in [-0.3, -0.25) is 0 Å². The lowest BCUT2D eigenvalue weighted by Crippen LogP contribution is -2.10. The van der Waals surface area contributed by atoms with Crippen molar-refractivity contribution in [1.29, 1.82) is 0 Å². The van der Waals surface area contributed by atoms with Gasteiger partial charge in [0.2, 0.25) is 0 Å². The van der Waals surface area contributed by atoms with Gasteiger partial charge in [0, 0.05) is 12.2 Å². The second-order valence-electron chi connectivity index (χ2n) is 9.21. The van der Waals surface area contributed by atoms with Gasteiger partial charge in [0.1, 0.15) is 0 Å². The first-order valence-corrected chi connectivity index (χ1v) is 13.5. The van der Waals surface area contributed by atoms with Crippen molar-refractivity contribution in [3.63, 3.8) is 0 Å². The van der Waals surface area contributed by atoms with Crippen LogP contribution in [0.5, 0.6) is 0 Å². The van der Waals surface area contributed by atoms with Gasteiger partial charge in [-0.2, -0.15) is 0 Å². The fourth-order valence-electron chi connectivity index (χ4n) is 4.80. The minimum Gasteiger partial charge on any atom is -0.380 e. The highest BCUT2D eigenvalue weighted by atomic mass is 14.9. The van der Waals surface area contributed by atoms with Crippen molar-refractivity contribution in [1.82, 2.24) is 0 Å². The Hall–Kier alpha value is -4.36. The summed E-state index contributed by atoms with van der Waals surface area (Å²) in [5, 5.41) is 6.21. The molecule has 0 amide bonds. The largest absolute Gasteiger partial charge is 0.380 e. The molecule has 0 aromatic heterocycles. The van der Waals surface area contributed by atoms with E-state index in [1.807, 2.05) is 20.8 Å². The van der Waals surface area contributed by atoms with E-state index in [1.54, 1.807) is 6.08 Å². The summed E-state index contributed by atoms with van der Waals surface area (Å²) < 4.78 is 0. The highest BCUT2D eigenvalue weighted by Gasteiger charge is 2.13. The second-order valence-corrected chi connectivity index (χ2v) is 9.21. The molecule has 0 atom stereocenters. The Kier molecular flexibility index (Phi) is 8.95. The van der Waals surface area contributed by atoms with E-state index in [0.29, 0.717) is 0 Å². The van der Waals surface area contributed by atoms with Crippen LogP contribution in [0.15, 0.2) is 122 Å². The van der Waals surface area contributed by atoms with E-state index in [0.717, 1.165) is 6.54 Å². The smallest absolute Gasteiger partial charge is 0.0422 e. The quantitative estimate of drug-likeness (QED) is 0.245. The van der Waals surface area contributed by atoms with Crippen molar-refractivity contribution in [2.75, 3.05) is 11.9 Å². The number of hydrogen-bond donors (Lipinski definition) is 1. The van der Waals surface area contributed by atoms with Crippen LogP contribution in [0.3, 0.4) is 0 Å². The highest BCUT2D eigenvalue weighted by molar-refractivity contribution is 5.97. The Balaban J connectivity index is 0.000000630. The van der Waals surface area contributed by atoms with E-state index in [9.17, 15) is 0 Å². The molecular formula is C37H37N. The average molecular weight is 496 g/mol. The van der Waals surface area contributed by atoms with Crippen LogP contribution in [-0.2, 0) is 0 Å². The van der Waals surface area contributed by atoms with Crippen molar-refractivity contribution in [3.8, 4) is 22.3 Å². The summed E-state index contributed by atoms with van der Waals surface area (Å²) >= 11 is 0. The molecule has 0 saturated heterocycles. The zero-order valence-corrected chi connectivity index (χ0v) is 23.0. The maximum Gasteiger partial charge on any atom is 0.0422 e. The molecule has 1 nitrogen and oxygen atoms in total. The van der Waals surface area contributed by atoms with Gasteiger partial charge in [0.25, 0.3) is 0 Å². The number of hydrogen-bond acceptors (Lipinski definition) is 1. The molecule has 0 radical (unpaired) electrons. The van der Waals surface area contributed by atoms with Crippen LogP contribution >= 0.6 is 0 Å². The minimum atomic E-state index is 0.831. The maximum absolute atomic E-state index is 3.64. The molecule has 0 unspecified atom stereocenters. The topological polar surface area (TPSA) is 12.0 Å². The fourth-order valence-corrected chi connectivity index (χ4v) is 4.80. The molecule has 0 saturated carbocycles. The van der Waals surface area contributed by atoms with Crippen molar-refractivity contribution < 1.29 is 0 Å². The molecule has 1 N–H and O–H groups in total.